The molecule has 0 fully saturated rings. The number of aromatic nitrogens is 2. The first-order chi connectivity index (χ1) is 11.1. The molecule has 7 nitrogen and oxygen atoms in total. The van der Waals surface area contributed by atoms with E-state index in [9.17, 15) is 0 Å². The Labute approximate surface area is 136 Å². The van der Waals surface area contributed by atoms with E-state index < -0.39 is 0 Å². The fraction of sp³-hybridized carbons (Fsp3) is 0.312. The Morgan fingerprint density at radius 2 is 2.13 bits per heavy atom. The van der Waals surface area contributed by atoms with Crippen molar-refractivity contribution >= 4 is 17.5 Å². The van der Waals surface area contributed by atoms with E-state index in [1.807, 2.05) is 39.5 Å². The van der Waals surface area contributed by atoms with Crippen molar-refractivity contribution in [3.8, 4) is 0 Å². The molecule has 23 heavy (non-hydrogen) atoms. The second-order valence-corrected chi connectivity index (χ2v) is 5.34. The molecule has 0 saturated heterocycles. The maximum absolute atomic E-state index is 8.10. The van der Waals surface area contributed by atoms with Crippen LogP contribution in [-0.2, 0) is 0 Å². The summed E-state index contributed by atoms with van der Waals surface area (Å²) in [5.74, 6) is 1.24. The molecule has 2 rings (SSSR count). The van der Waals surface area contributed by atoms with Crippen LogP contribution in [0.4, 0.5) is 11.8 Å². The number of nitrogens with one attached hydrogen (secondary N) is 4. The fourth-order valence-electron chi connectivity index (χ4n) is 1.92. The van der Waals surface area contributed by atoms with Crippen molar-refractivity contribution in [2.75, 3.05) is 44.9 Å². The molecule has 1 aromatic heterocycles. The lowest BCUT2D eigenvalue weighted by Crippen LogP contribution is -2.24. The zero-order valence-corrected chi connectivity index (χ0v) is 13.7. The molecule has 0 unspecified atom stereocenters. The lowest BCUT2D eigenvalue weighted by molar-refractivity contribution is 0.410. The Morgan fingerprint density at radius 3 is 2.83 bits per heavy atom. The number of hydrogen-bond acceptors (Lipinski definition) is 7. The predicted molar refractivity (Wildman–Crippen MR) is 94.8 cm³/mol. The molecule has 0 saturated carbocycles. The Kier molecular flexibility index (Phi) is 5.87. The molecular weight excluding hydrogens is 290 g/mol. The third kappa shape index (κ3) is 5.23. The topological polar surface area (TPSA) is 89.0 Å². The first-order valence-electron chi connectivity index (χ1n) is 7.43. The van der Waals surface area contributed by atoms with Gasteiger partial charge in [0.1, 0.15) is 5.82 Å². The van der Waals surface area contributed by atoms with Crippen LogP contribution in [0.2, 0.25) is 0 Å². The number of allylic oxidation sites excluding steroid dienone is 4. The summed E-state index contributed by atoms with van der Waals surface area (Å²) in [5.41, 5.74) is 2.07. The lowest BCUT2D eigenvalue weighted by atomic mass is 10.0. The average molecular weight is 313 g/mol. The largest absolute Gasteiger partial charge is 0.389 e. The zero-order valence-electron chi connectivity index (χ0n) is 13.7. The monoisotopic (exact) mass is 313 g/mol. The van der Waals surface area contributed by atoms with Gasteiger partial charge < -0.3 is 26.3 Å². The minimum absolute atomic E-state index is 0.442. The van der Waals surface area contributed by atoms with Gasteiger partial charge in [-0.05, 0) is 38.4 Å². The van der Waals surface area contributed by atoms with E-state index in [-0.39, 0.29) is 0 Å². The van der Waals surface area contributed by atoms with Crippen molar-refractivity contribution in [3.63, 3.8) is 0 Å². The molecule has 0 amide bonds. The van der Waals surface area contributed by atoms with Crippen LogP contribution in [0.3, 0.4) is 0 Å². The lowest BCUT2D eigenvalue weighted by Gasteiger charge is -2.13. The summed E-state index contributed by atoms with van der Waals surface area (Å²) >= 11 is 0. The predicted octanol–water partition coefficient (Wildman–Crippen LogP) is 1.44. The van der Waals surface area contributed by atoms with Crippen molar-refractivity contribution in [2.24, 2.45) is 0 Å². The normalized spacial score (nSPS) is 15.7. The van der Waals surface area contributed by atoms with Crippen LogP contribution in [0.5, 0.6) is 0 Å². The molecule has 1 aromatic rings. The maximum Gasteiger partial charge on any atom is 0.229 e. The van der Waals surface area contributed by atoms with Gasteiger partial charge in [-0.2, -0.15) is 4.98 Å². The third-order valence-electron chi connectivity index (χ3n) is 3.18. The van der Waals surface area contributed by atoms with Gasteiger partial charge in [-0.25, -0.2) is 4.98 Å². The summed E-state index contributed by atoms with van der Waals surface area (Å²) in [4.78, 5) is 10.6. The second kappa shape index (κ2) is 8.09. The zero-order chi connectivity index (χ0) is 16.7. The highest BCUT2D eigenvalue weighted by molar-refractivity contribution is 6.10. The van der Waals surface area contributed by atoms with Gasteiger partial charge in [0.25, 0.3) is 0 Å². The third-order valence-corrected chi connectivity index (χ3v) is 3.18. The maximum atomic E-state index is 8.10. The Bertz CT molecular complexity index is 644. The average Bonchev–Trinajstić information content (AvgIpc) is 2.53. The molecule has 1 aliphatic rings. The van der Waals surface area contributed by atoms with Crippen LogP contribution in [0.25, 0.3) is 0 Å². The quantitative estimate of drug-likeness (QED) is 0.570. The van der Waals surface area contributed by atoms with Gasteiger partial charge >= 0.3 is 0 Å². The highest BCUT2D eigenvalue weighted by Crippen LogP contribution is 2.14. The molecule has 0 aromatic carbocycles. The molecule has 0 aliphatic heterocycles. The van der Waals surface area contributed by atoms with Gasteiger partial charge in [0.2, 0.25) is 5.95 Å². The number of rotatable bonds is 7. The molecule has 4 N–H and O–H groups in total. The molecule has 122 valence electrons. The van der Waals surface area contributed by atoms with Crippen molar-refractivity contribution in [3.05, 3.63) is 48.0 Å². The van der Waals surface area contributed by atoms with Crippen molar-refractivity contribution in [2.45, 2.75) is 0 Å². The van der Waals surface area contributed by atoms with Gasteiger partial charge in [0.15, 0.2) is 0 Å². The summed E-state index contributed by atoms with van der Waals surface area (Å²) in [6, 6.07) is 1.79. The fourth-order valence-corrected chi connectivity index (χ4v) is 1.92. The van der Waals surface area contributed by atoms with Crippen LogP contribution in [0.1, 0.15) is 0 Å². The Morgan fingerprint density at radius 1 is 1.30 bits per heavy atom. The number of likely N-dealkylation sites (N-methyl/N-ethyl adjacent to an activating group) is 1. The standard InChI is InChI=1S/C16H23N7/c1-18-15-6-7-20-16(22-15)21-13-5-4-12(14(17)10-13)11-19-8-9-23(2)3/h4-7,10-11,17,19H,8-9H2,1-3H3,(H2,18,20,21,22)/b12-11-,17-14?. The Balaban J connectivity index is 1.94. The van der Waals surface area contributed by atoms with E-state index in [0.29, 0.717) is 11.7 Å². The van der Waals surface area contributed by atoms with Crippen molar-refractivity contribution in [1.82, 2.24) is 20.2 Å². The highest BCUT2D eigenvalue weighted by atomic mass is 15.1. The molecule has 7 heteroatoms. The SMILES string of the molecule is CNc1ccnc(NC2=CC(=N)/C(=C\NCCN(C)C)C=C2)n1. The first kappa shape index (κ1) is 16.7. The summed E-state index contributed by atoms with van der Waals surface area (Å²) < 4.78 is 0. The summed E-state index contributed by atoms with van der Waals surface area (Å²) in [5, 5.41) is 17.4. The molecule has 1 aliphatic carbocycles. The van der Waals surface area contributed by atoms with Crippen LogP contribution < -0.4 is 16.0 Å². The molecule has 0 atom stereocenters. The van der Waals surface area contributed by atoms with Crippen molar-refractivity contribution in [1.29, 1.82) is 5.41 Å². The number of hydrogen-bond donors (Lipinski definition) is 4. The first-order valence-corrected chi connectivity index (χ1v) is 7.43. The van der Waals surface area contributed by atoms with Crippen LogP contribution in [0.15, 0.2) is 48.0 Å². The molecule has 0 radical (unpaired) electrons. The van der Waals surface area contributed by atoms with Crippen LogP contribution >= 0.6 is 0 Å². The van der Waals surface area contributed by atoms with E-state index in [0.717, 1.165) is 30.2 Å². The van der Waals surface area contributed by atoms with E-state index in [1.165, 1.54) is 0 Å². The van der Waals surface area contributed by atoms with Crippen molar-refractivity contribution < 1.29 is 0 Å². The summed E-state index contributed by atoms with van der Waals surface area (Å²) in [6.07, 6.45) is 9.12. The van der Waals surface area contributed by atoms with E-state index in [4.69, 9.17) is 5.41 Å². The van der Waals surface area contributed by atoms with Gasteiger partial charge in [-0.15, -0.1) is 0 Å². The second-order valence-electron chi connectivity index (χ2n) is 5.34. The van der Waals surface area contributed by atoms with Gasteiger partial charge in [-0.1, -0.05) is 0 Å². The summed E-state index contributed by atoms with van der Waals surface area (Å²) in [7, 11) is 5.87. The van der Waals surface area contributed by atoms with Crippen LogP contribution in [-0.4, -0.2) is 54.8 Å². The molecular formula is C16H23N7. The highest BCUT2D eigenvalue weighted by Gasteiger charge is 2.08. The number of anilines is 2. The van der Waals surface area contributed by atoms with Crippen LogP contribution in [0, 0.1) is 5.41 Å². The smallest absolute Gasteiger partial charge is 0.229 e. The van der Waals surface area contributed by atoms with Gasteiger partial charge in [0, 0.05) is 43.8 Å². The molecule has 0 spiro atoms. The Hall–Kier alpha value is -2.67. The summed E-state index contributed by atoms with van der Waals surface area (Å²) in [6.45, 7) is 1.79. The minimum atomic E-state index is 0.442. The van der Waals surface area contributed by atoms with E-state index >= 15 is 0 Å². The number of nitrogens with zero attached hydrogens (tertiary/aromatic N) is 3. The van der Waals surface area contributed by atoms with E-state index in [2.05, 4.69) is 30.8 Å². The molecule has 0 bridgehead atoms. The van der Waals surface area contributed by atoms with E-state index in [1.54, 1.807) is 18.3 Å². The van der Waals surface area contributed by atoms with Gasteiger partial charge in [-0.3, -0.25) is 0 Å². The minimum Gasteiger partial charge on any atom is -0.389 e. The van der Waals surface area contributed by atoms with Gasteiger partial charge in [0.05, 0.1) is 5.71 Å². The molecule has 1 heterocycles.